The highest BCUT2D eigenvalue weighted by Gasteiger charge is 2.12. The van der Waals surface area contributed by atoms with Crippen molar-refractivity contribution in [2.45, 2.75) is 13.5 Å². The fourth-order valence-corrected chi connectivity index (χ4v) is 2.76. The summed E-state index contributed by atoms with van der Waals surface area (Å²) in [6.45, 7) is 2.37. The van der Waals surface area contributed by atoms with E-state index >= 15 is 0 Å². The minimum absolute atomic E-state index is 0.276. The SMILES string of the molecule is Cc1ccc(CNC(=O)NC(=O)c2ccccc2N)c2ccccc12. The largest absolute Gasteiger partial charge is 0.398 e. The van der Waals surface area contributed by atoms with Gasteiger partial charge in [-0.15, -0.1) is 0 Å². The van der Waals surface area contributed by atoms with Gasteiger partial charge in [0.25, 0.3) is 5.91 Å². The van der Waals surface area contributed by atoms with Crippen molar-refractivity contribution in [1.82, 2.24) is 10.6 Å². The quantitative estimate of drug-likeness (QED) is 0.643. The summed E-state index contributed by atoms with van der Waals surface area (Å²) in [6, 6.07) is 18.1. The van der Waals surface area contributed by atoms with E-state index in [2.05, 4.69) is 23.6 Å². The number of carbonyl (C=O) groups excluding carboxylic acids is 2. The third-order valence-corrected chi connectivity index (χ3v) is 4.10. The minimum atomic E-state index is -0.557. The molecule has 0 heterocycles. The zero-order valence-corrected chi connectivity index (χ0v) is 13.9. The van der Waals surface area contributed by atoms with E-state index < -0.39 is 11.9 Å². The fraction of sp³-hybridized carbons (Fsp3) is 0.100. The monoisotopic (exact) mass is 333 g/mol. The van der Waals surface area contributed by atoms with E-state index in [0.717, 1.165) is 16.3 Å². The second kappa shape index (κ2) is 7.05. The molecular formula is C20H19N3O2. The number of nitrogens with two attached hydrogens (primary N) is 1. The van der Waals surface area contributed by atoms with Crippen LogP contribution in [0.15, 0.2) is 60.7 Å². The first-order valence-corrected chi connectivity index (χ1v) is 7.97. The third-order valence-electron chi connectivity index (χ3n) is 4.10. The van der Waals surface area contributed by atoms with Crippen LogP contribution < -0.4 is 16.4 Å². The fourth-order valence-electron chi connectivity index (χ4n) is 2.76. The van der Waals surface area contributed by atoms with Crippen molar-refractivity contribution in [3.63, 3.8) is 0 Å². The molecule has 0 radical (unpaired) electrons. The molecule has 0 atom stereocenters. The molecule has 0 aliphatic rings. The van der Waals surface area contributed by atoms with E-state index in [1.165, 1.54) is 5.56 Å². The molecular weight excluding hydrogens is 314 g/mol. The first kappa shape index (κ1) is 16.5. The second-order valence-corrected chi connectivity index (χ2v) is 5.81. The van der Waals surface area contributed by atoms with E-state index in [9.17, 15) is 9.59 Å². The van der Waals surface area contributed by atoms with Crippen molar-refractivity contribution in [3.05, 3.63) is 77.4 Å². The topological polar surface area (TPSA) is 84.2 Å². The molecule has 0 saturated carbocycles. The summed E-state index contributed by atoms with van der Waals surface area (Å²) in [5, 5.41) is 7.25. The Bertz CT molecular complexity index is 951. The molecule has 3 aromatic rings. The summed E-state index contributed by atoms with van der Waals surface area (Å²) >= 11 is 0. The first-order valence-electron chi connectivity index (χ1n) is 7.97. The van der Waals surface area contributed by atoms with Crippen LogP contribution in [0.3, 0.4) is 0 Å². The number of fused-ring (bicyclic) bond motifs is 1. The van der Waals surface area contributed by atoms with Gasteiger partial charge in [-0.3, -0.25) is 10.1 Å². The number of amides is 3. The highest BCUT2D eigenvalue weighted by molar-refractivity contribution is 6.07. The number of rotatable bonds is 3. The molecule has 0 aromatic heterocycles. The smallest absolute Gasteiger partial charge is 0.321 e. The van der Waals surface area contributed by atoms with Crippen LogP contribution in [0.5, 0.6) is 0 Å². The van der Waals surface area contributed by atoms with Crippen LogP contribution in [0.25, 0.3) is 10.8 Å². The first-order chi connectivity index (χ1) is 12.1. The highest BCUT2D eigenvalue weighted by Crippen LogP contribution is 2.22. The van der Waals surface area contributed by atoms with Gasteiger partial charge in [-0.25, -0.2) is 4.79 Å². The van der Waals surface area contributed by atoms with Gasteiger partial charge in [0.1, 0.15) is 0 Å². The molecule has 3 amide bonds. The van der Waals surface area contributed by atoms with Crippen molar-refractivity contribution in [2.24, 2.45) is 0 Å². The molecule has 25 heavy (non-hydrogen) atoms. The Hall–Kier alpha value is -3.34. The Morgan fingerprint density at radius 2 is 1.60 bits per heavy atom. The zero-order chi connectivity index (χ0) is 17.8. The van der Waals surface area contributed by atoms with Crippen LogP contribution in [-0.2, 0) is 6.54 Å². The summed E-state index contributed by atoms with van der Waals surface area (Å²) in [5.74, 6) is -0.524. The van der Waals surface area contributed by atoms with Crippen LogP contribution in [-0.4, -0.2) is 11.9 Å². The molecule has 0 bridgehead atoms. The van der Waals surface area contributed by atoms with Gasteiger partial charge in [-0.1, -0.05) is 48.5 Å². The number of hydrogen-bond acceptors (Lipinski definition) is 3. The molecule has 5 nitrogen and oxygen atoms in total. The van der Waals surface area contributed by atoms with E-state index in [1.807, 2.05) is 30.3 Å². The predicted octanol–water partition coefficient (Wildman–Crippen LogP) is 3.37. The number of hydrogen-bond donors (Lipinski definition) is 3. The number of nitrogen functional groups attached to an aromatic ring is 1. The zero-order valence-electron chi connectivity index (χ0n) is 13.9. The summed E-state index contributed by atoms with van der Waals surface area (Å²) in [4.78, 5) is 24.1. The van der Waals surface area contributed by atoms with Gasteiger partial charge in [0, 0.05) is 12.2 Å². The lowest BCUT2D eigenvalue weighted by atomic mass is 10.0. The van der Waals surface area contributed by atoms with Gasteiger partial charge >= 0.3 is 6.03 Å². The average Bonchev–Trinajstić information content (AvgIpc) is 2.61. The number of aryl methyl sites for hydroxylation is 1. The Morgan fingerprint density at radius 1 is 0.920 bits per heavy atom. The maximum Gasteiger partial charge on any atom is 0.321 e. The number of benzene rings is 3. The maximum atomic E-state index is 12.1. The number of carbonyl (C=O) groups is 2. The lowest BCUT2D eigenvalue weighted by Gasteiger charge is -2.11. The van der Waals surface area contributed by atoms with Gasteiger partial charge in [0.15, 0.2) is 0 Å². The van der Waals surface area contributed by atoms with Crippen LogP contribution in [0.1, 0.15) is 21.5 Å². The Labute approximate surface area is 145 Å². The minimum Gasteiger partial charge on any atom is -0.398 e. The van der Waals surface area contributed by atoms with Gasteiger partial charge in [0.2, 0.25) is 0 Å². The lowest BCUT2D eigenvalue weighted by molar-refractivity contribution is 0.0965. The molecule has 0 spiro atoms. The molecule has 0 aliphatic heterocycles. The molecule has 0 fully saturated rings. The summed E-state index contributed by atoms with van der Waals surface area (Å²) in [6.07, 6.45) is 0. The molecule has 126 valence electrons. The van der Waals surface area contributed by atoms with E-state index in [0.29, 0.717) is 12.2 Å². The van der Waals surface area contributed by atoms with Crippen LogP contribution in [0, 0.1) is 6.92 Å². The molecule has 0 unspecified atom stereocenters. The van der Waals surface area contributed by atoms with E-state index in [4.69, 9.17) is 5.73 Å². The van der Waals surface area contributed by atoms with Gasteiger partial charge in [0.05, 0.1) is 5.56 Å². The van der Waals surface area contributed by atoms with Crippen molar-refractivity contribution < 1.29 is 9.59 Å². The Balaban J connectivity index is 1.68. The molecule has 5 heteroatoms. The predicted molar refractivity (Wildman–Crippen MR) is 99.2 cm³/mol. The van der Waals surface area contributed by atoms with Gasteiger partial charge in [-0.2, -0.15) is 0 Å². The average molecular weight is 333 g/mol. The lowest BCUT2D eigenvalue weighted by Crippen LogP contribution is -2.39. The van der Waals surface area contributed by atoms with Crippen molar-refractivity contribution in [3.8, 4) is 0 Å². The van der Waals surface area contributed by atoms with Crippen LogP contribution >= 0.6 is 0 Å². The van der Waals surface area contributed by atoms with Gasteiger partial charge in [-0.05, 0) is 41.0 Å². The normalized spacial score (nSPS) is 10.4. The number of anilines is 1. The molecule has 0 saturated heterocycles. The molecule has 0 aliphatic carbocycles. The molecule has 4 N–H and O–H groups in total. The van der Waals surface area contributed by atoms with Crippen molar-refractivity contribution in [2.75, 3.05) is 5.73 Å². The second-order valence-electron chi connectivity index (χ2n) is 5.81. The molecule has 3 aromatic carbocycles. The van der Waals surface area contributed by atoms with Crippen LogP contribution in [0.4, 0.5) is 10.5 Å². The Morgan fingerprint density at radius 3 is 2.36 bits per heavy atom. The summed E-state index contributed by atoms with van der Waals surface area (Å²) in [5.41, 5.74) is 8.52. The van der Waals surface area contributed by atoms with Crippen LogP contribution in [0.2, 0.25) is 0 Å². The maximum absolute atomic E-state index is 12.1. The number of urea groups is 1. The standard InChI is InChI=1S/C20H19N3O2/c1-13-10-11-14(16-7-3-2-6-15(13)16)12-22-20(25)23-19(24)17-8-4-5-9-18(17)21/h2-11H,12,21H2,1H3,(H2,22,23,24,25). The van der Waals surface area contributed by atoms with E-state index in [1.54, 1.807) is 24.3 Å². The molecule has 3 rings (SSSR count). The Kier molecular flexibility index (Phi) is 4.66. The third kappa shape index (κ3) is 3.61. The van der Waals surface area contributed by atoms with Crippen molar-refractivity contribution >= 4 is 28.4 Å². The van der Waals surface area contributed by atoms with E-state index in [-0.39, 0.29) is 5.56 Å². The summed E-state index contributed by atoms with van der Waals surface area (Å²) in [7, 11) is 0. The summed E-state index contributed by atoms with van der Waals surface area (Å²) < 4.78 is 0. The number of para-hydroxylation sites is 1. The highest BCUT2D eigenvalue weighted by atomic mass is 16.2. The number of imide groups is 1. The number of nitrogens with one attached hydrogen (secondary N) is 2. The van der Waals surface area contributed by atoms with Gasteiger partial charge < -0.3 is 11.1 Å². The van der Waals surface area contributed by atoms with Crippen molar-refractivity contribution in [1.29, 1.82) is 0 Å².